The van der Waals surface area contributed by atoms with Crippen LogP contribution in [0.1, 0.15) is 23.2 Å². The molecule has 33 heavy (non-hydrogen) atoms. The highest BCUT2D eigenvalue weighted by atomic mass is 32.2. The van der Waals surface area contributed by atoms with E-state index in [1.165, 1.54) is 4.90 Å². The summed E-state index contributed by atoms with van der Waals surface area (Å²) in [7, 11) is 0. The van der Waals surface area contributed by atoms with Gasteiger partial charge in [0, 0.05) is 47.3 Å². The fourth-order valence-electron chi connectivity index (χ4n) is 3.97. The maximum Gasteiger partial charge on any atom is 0.251 e. The predicted molar refractivity (Wildman–Crippen MR) is 131 cm³/mol. The highest BCUT2D eigenvalue weighted by Crippen LogP contribution is 2.32. The van der Waals surface area contributed by atoms with Crippen molar-refractivity contribution in [2.24, 2.45) is 0 Å². The summed E-state index contributed by atoms with van der Waals surface area (Å²) in [6.07, 6.45) is 9.56. The summed E-state index contributed by atoms with van der Waals surface area (Å²) in [6.45, 7) is 1.31. The SMILES string of the molecule is CSc1ccc(-c2nc3cnccn3c2Nc2cccc(C(=O)NC[C@@H]3CCCO3)c2)cc1. The second-order valence-corrected chi connectivity index (χ2v) is 8.77. The number of fused-ring (bicyclic) bond motifs is 1. The predicted octanol–water partition coefficient (Wildman–Crippen LogP) is 4.77. The highest BCUT2D eigenvalue weighted by molar-refractivity contribution is 7.98. The van der Waals surface area contributed by atoms with Gasteiger partial charge in [0.15, 0.2) is 5.65 Å². The van der Waals surface area contributed by atoms with Crippen LogP contribution in [0, 0.1) is 0 Å². The fraction of sp³-hybridized carbons (Fsp3) is 0.240. The molecule has 0 radical (unpaired) electrons. The maximum atomic E-state index is 12.7. The van der Waals surface area contributed by atoms with Crippen molar-refractivity contribution in [2.45, 2.75) is 23.8 Å². The largest absolute Gasteiger partial charge is 0.376 e. The maximum absolute atomic E-state index is 12.7. The monoisotopic (exact) mass is 459 g/mol. The van der Waals surface area contributed by atoms with Crippen molar-refractivity contribution in [2.75, 3.05) is 24.7 Å². The number of ether oxygens (including phenoxy) is 1. The van der Waals surface area contributed by atoms with E-state index in [1.54, 1.807) is 24.2 Å². The van der Waals surface area contributed by atoms with E-state index in [-0.39, 0.29) is 12.0 Å². The number of carbonyl (C=O) groups is 1. The van der Waals surface area contributed by atoms with Gasteiger partial charge < -0.3 is 15.4 Å². The quantitative estimate of drug-likeness (QED) is 0.388. The molecule has 8 heteroatoms. The molecule has 2 aromatic carbocycles. The Morgan fingerprint density at radius 3 is 2.91 bits per heavy atom. The minimum atomic E-state index is -0.107. The summed E-state index contributed by atoms with van der Waals surface area (Å²) < 4.78 is 7.57. The molecule has 168 valence electrons. The Bertz CT molecular complexity index is 1270. The van der Waals surface area contributed by atoms with E-state index in [9.17, 15) is 4.79 Å². The third-order valence-electron chi connectivity index (χ3n) is 5.70. The molecule has 0 unspecified atom stereocenters. The van der Waals surface area contributed by atoms with Gasteiger partial charge in [-0.05, 0) is 49.4 Å². The molecule has 0 bridgehead atoms. The van der Waals surface area contributed by atoms with Crippen LogP contribution in [0.5, 0.6) is 0 Å². The number of rotatable bonds is 7. The van der Waals surface area contributed by atoms with E-state index in [1.807, 2.05) is 34.9 Å². The molecular formula is C25H25N5O2S. The number of hydrogen-bond donors (Lipinski definition) is 2. The van der Waals surface area contributed by atoms with Crippen molar-refractivity contribution < 1.29 is 9.53 Å². The van der Waals surface area contributed by atoms with Gasteiger partial charge in [-0.3, -0.25) is 14.2 Å². The van der Waals surface area contributed by atoms with Crippen molar-refractivity contribution in [3.63, 3.8) is 0 Å². The van der Waals surface area contributed by atoms with Gasteiger partial charge in [0.2, 0.25) is 0 Å². The Kier molecular flexibility index (Phi) is 6.28. The minimum absolute atomic E-state index is 0.107. The lowest BCUT2D eigenvalue weighted by atomic mass is 10.1. The number of nitrogens with one attached hydrogen (secondary N) is 2. The number of nitrogens with zero attached hydrogens (tertiary/aromatic N) is 3. The Hall–Kier alpha value is -3.36. The second kappa shape index (κ2) is 9.64. The molecule has 3 heterocycles. The van der Waals surface area contributed by atoms with Gasteiger partial charge in [-0.15, -0.1) is 11.8 Å². The molecule has 2 aromatic heterocycles. The molecule has 4 aromatic rings. The zero-order valence-corrected chi connectivity index (χ0v) is 19.1. The third kappa shape index (κ3) is 4.72. The molecule has 7 nitrogen and oxygen atoms in total. The summed E-state index contributed by atoms with van der Waals surface area (Å²) in [5.74, 6) is 0.714. The number of thioether (sulfide) groups is 1. The molecule has 1 saturated heterocycles. The van der Waals surface area contributed by atoms with Gasteiger partial charge in [0.05, 0.1) is 12.3 Å². The molecule has 1 aliphatic rings. The van der Waals surface area contributed by atoms with E-state index in [4.69, 9.17) is 9.72 Å². The standard InChI is InChI=1S/C25H25N5O2S/c1-33-21-9-7-17(8-10-21)23-24(30-12-11-26-16-22(30)29-23)28-19-5-2-4-18(14-19)25(31)27-15-20-6-3-13-32-20/h2,4-5,7-12,14,16,20,28H,3,6,13,15H2,1H3,(H,27,31)/t20-/m0/s1. The molecule has 1 amide bonds. The van der Waals surface area contributed by atoms with E-state index in [0.29, 0.717) is 12.1 Å². The van der Waals surface area contributed by atoms with Gasteiger partial charge in [-0.25, -0.2) is 4.98 Å². The van der Waals surface area contributed by atoms with E-state index in [0.717, 1.165) is 47.9 Å². The van der Waals surface area contributed by atoms with Crippen molar-refractivity contribution in [3.05, 3.63) is 72.7 Å². The number of anilines is 2. The number of imidazole rings is 1. The first kappa shape index (κ1) is 21.5. The molecule has 1 fully saturated rings. The summed E-state index contributed by atoms with van der Waals surface area (Å²) in [5.41, 5.74) is 3.97. The van der Waals surface area contributed by atoms with Crippen LogP contribution in [0.2, 0.25) is 0 Å². The fourth-order valence-corrected chi connectivity index (χ4v) is 4.37. The summed E-state index contributed by atoms with van der Waals surface area (Å²) in [5, 5.41) is 6.46. The Morgan fingerprint density at radius 1 is 1.24 bits per heavy atom. The molecule has 5 rings (SSSR count). The zero-order valence-electron chi connectivity index (χ0n) is 18.3. The van der Waals surface area contributed by atoms with E-state index in [2.05, 4.69) is 46.1 Å². The Labute approximate surface area is 196 Å². The average Bonchev–Trinajstić information content (AvgIpc) is 3.51. The van der Waals surface area contributed by atoms with Crippen molar-refractivity contribution in [1.29, 1.82) is 0 Å². The summed E-state index contributed by atoms with van der Waals surface area (Å²) in [4.78, 5) is 22.9. The van der Waals surface area contributed by atoms with Crippen LogP contribution < -0.4 is 10.6 Å². The molecule has 0 aliphatic carbocycles. The molecule has 0 saturated carbocycles. The smallest absolute Gasteiger partial charge is 0.251 e. The normalized spacial score (nSPS) is 15.6. The van der Waals surface area contributed by atoms with Crippen LogP contribution in [0.3, 0.4) is 0 Å². The number of carbonyl (C=O) groups excluding carboxylic acids is 1. The first-order valence-electron chi connectivity index (χ1n) is 10.9. The highest BCUT2D eigenvalue weighted by Gasteiger charge is 2.18. The van der Waals surface area contributed by atoms with E-state index >= 15 is 0 Å². The molecule has 2 N–H and O–H groups in total. The van der Waals surface area contributed by atoms with Crippen molar-refractivity contribution >= 4 is 34.8 Å². The van der Waals surface area contributed by atoms with Crippen molar-refractivity contribution in [1.82, 2.24) is 19.7 Å². The van der Waals surface area contributed by atoms with Gasteiger partial charge in [-0.2, -0.15) is 0 Å². The van der Waals surface area contributed by atoms with Crippen LogP contribution in [0.4, 0.5) is 11.5 Å². The van der Waals surface area contributed by atoms with Crippen LogP contribution >= 0.6 is 11.8 Å². The van der Waals surface area contributed by atoms with Gasteiger partial charge in [-0.1, -0.05) is 18.2 Å². The lowest BCUT2D eigenvalue weighted by Gasteiger charge is -2.12. The molecule has 1 atom stereocenters. The third-order valence-corrected chi connectivity index (χ3v) is 6.44. The van der Waals surface area contributed by atoms with Crippen molar-refractivity contribution in [3.8, 4) is 11.3 Å². The molecule has 1 aliphatic heterocycles. The zero-order chi connectivity index (χ0) is 22.6. The van der Waals surface area contributed by atoms with Crippen LogP contribution in [0.25, 0.3) is 16.9 Å². The first-order chi connectivity index (χ1) is 16.2. The molecular weight excluding hydrogens is 434 g/mol. The van der Waals surface area contributed by atoms with Gasteiger partial charge in [0.1, 0.15) is 11.5 Å². The Balaban J connectivity index is 1.42. The summed E-state index contributed by atoms with van der Waals surface area (Å²) in [6, 6.07) is 15.8. The molecule has 0 spiro atoms. The second-order valence-electron chi connectivity index (χ2n) is 7.89. The Morgan fingerprint density at radius 2 is 2.12 bits per heavy atom. The van der Waals surface area contributed by atoms with E-state index < -0.39 is 0 Å². The number of hydrogen-bond acceptors (Lipinski definition) is 6. The first-order valence-corrected chi connectivity index (χ1v) is 12.2. The average molecular weight is 460 g/mol. The van der Waals surface area contributed by atoms with Gasteiger partial charge in [0.25, 0.3) is 5.91 Å². The van der Waals surface area contributed by atoms with Crippen LogP contribution in [0.15, 0.2) is 72.0 Å². The lowest BCUT2D eigenvalue weighted by molar-refractivity contribution is 0.0858. The topological polar surface area (TPSA) is 80.5 Å². The summed E-state index contributed by atoms with van der Waals surface area (Å²) >= 11 is 1.70. The number of benzene rings is 2. The number of aromatic nitrogens is 3. The lowest BCUT2D eigenvalue weighted by Crippen LogP contribution is -2.31. The number of amides is 1. The minimum Gasteiger partial charge on any atom is -0.376 e. The van der Waals surface area contributed by atoms with Crippen LogP contribution in [-0.2, 0) is 4.74 Å². The van der Waals surface area contributed by atoms with Gasteiger partial charge >= 0.3 is 0 Å². The van der Waals surface area contributed by atoms with Crippen LogP contribution in [-0.4, -0.2) is 45.8 Å².